The Morgan fingerprint density at radius 3 is 2.39 bits per heavy atom. The fourth-order valence-corrected chi connectivity index (χ4v) is 3.05. The Morgan fingerprint density at radius 2 is 1.82 bits per heavy atom. The Kier molecular flexibility index (Phi) is 11.0. The van der Waals surface area contributed by atoms with E-state index in [1.165, 1.54) is 12.8 Å². The highest BCUT2D eigenvalue weighted by molar-refractivity contribution is 14.0. The van der Waals surface area contributed by atoms with E-state index in [2.05, 4.69) is 47.5 Å². The summed E-state index contributed by atoms with van der Waals surface area (Å²) in [6.45, 7) is 10.4. The molecule has 0 spiro atoms. The molecule has 160 valence electrons. The van der Waals surface area contributed by atoms with Crippen LogP contribution >= 0.6 is 24.0 Å². The van der Waals surface area contributed by atoms with Crippen molar-refractivity contribution in [1.29, 1.82) is 0 Å². The van der Waals surface area contributed by atoms with Crippen LogP contribution in [0.4, 0.5) is 0 Å². The molecule has 1 aliphatic carbocycles. The molecule has 1 aromatic rings. The second kappa shape index (κ2) is 12.4. The molecule has 2 rings (SSSR count). The number of hydrogen-bond donors (Lipinski definition) is 2. The number of likely N-dealkylation sites (N-methyl/N-ethyl adjacent to an activating group) is 1. The zero-order valence-corrected chi connectivity index (χ0v) is 20.4. The lowest BCUT2D eigenvalue weighted by molar-refractivity contribution is 0.247. The van der Waals surface area contributed by atoms with Crippen molar-refractivity contribution in [3.63, 3.8) is 0 Å². The fourth-order valence-electron chi connectivity index (χ4n) is 3.05. The second-order valence-electron chi connectivity index (χ2n) is 7.14. The van der Waals surface area contributed by atoms with Crippen molar-refractivity contribution >= 4 is 29.9 Å². The minimum Gasteiger partial charge on any atom is -0.490 e. The number of ether oxygens (including phenoxy) is 2. The summed E-state index contributed by atoms with van der Waals surface area (Å²) >= 11 is 0. The van der Waals surface area contributed by atoms with Crippen molar-refractivity contribution in [2.24, 2.45) is 4.99 Å². The number of benzene rings is 1. The highest BCUT2D eigenvalue weighted by Crippen LogP contribution is 2.30. The van der Waals surface area contributed by atoms with Crippen molar-refractivity contribution in [3.8, 4) is 11.5 Å². The number of aliphatic imine (C=N–C) groups is 1. The average Bonchev–Trinajstić information content (AvgIpc) is 3.51. The third-order valence-corrected chi connectivity index (χ3v) is 5.03. The summed E-state index contributed by atoms with van der Waals surface area (Å²) < 4.78 is 11.4. The van der Waals surface area contributed by atoms with Crippen LogP contribution < -0.4 is 20.1 Å². The molecule has 0 amide bonds. The molecule has 6 nitrogen and oxygen atoms in total. The first kappa shape index (κ1) is 24.8. The molecule has 0 aromatic heterocycles. The van der Waals surface area contributed by atoms with Crippen LogP contribution in [-0.2, 0) is 0 Å². The summed E-state index contributed by atoms with van der Waals surface area (Å²) in [5.74, 6) is 2.38. The van der Waals surface area contributed by atoms with Gasteiger partial charge in [0, 0.05) is 25.7 Å². The predicted molar refractivity (Wildman–Crippen MR) is 127 cm³/mol. The van der Waals surface area contributed by atoms with Gasteiger partial charge in [0.05, 0.1) is 19.3 Å². The van der Waals surface area contributed by atoms with Gasteiger partial charge in [0.1, 0.15) is 0 Å². The number of halogens is 1. The zero-order chi connectivity index (χ0) is 19.8. The smallest absolute Gasteiger partial charge is 0.191 e. The molecule has 1 fully saturated rings. The lowest BCUT2D eigenvalue weighted by atomic mass is 10.1. The first-order valence-corrected chi connectivity index (χ1v) is 10.1. The van der Waals surface area contributed by atoms with Crippen molar-refractivity contribution < 1.29 is 9.47 Å². The summed E-state index contributed by atoms with van der Waals surface area (Å²) in [5.41, 5.74) is 1.13. The first-order chi connectivity index (χ1) is 13.0. The molecule has 1 aliphatic rings. The van der Waals surface area contributed by atoms with Crippen LogP contribution in [0.1, 0.15) is 52.1 Å². The lowest BCUT2D eigenvalue weighted by Crippen LogP contribution is -2.46. The van der Waals surface area contributed by atoms with Gasteiger partial charge in [-0.3, -0.25) is 9.89 Å². The zero-order valence-electron chi connectivity index (χ0n) is 18.1. The van der Waals surface area contributed by atoms with Crippen molar-refractivity contribution in [2.45, 2.75) is 58.7 Å². The maximum absolute atomic E-state index is 5.74. The van der Waals surface area contributed by atoms with Gasteiger partial charge in [0.25, 0.3) is 0 Å². The molecule has 0 heterocycles. The maximum Gasteiger partial charge on any atom is 0.191 e. The Bertz CT molecular complexity index is 622. The number of hydrogen-bond acceptors (Lipinski definition) is 4. The van der Waals surface area contributed by atoms with Gasteiger partial charge in [-0.15, -0.1) is 24.0 Å². The third-order valence-electron chi connectivity index (χ3n) is 5.03. The van der Waals surface area contributed by atoms with Crippen LogP contribution in [0.2, 0.25) is 0 Å². The van der Waals surface area contributed by atoms with Gasteiger partial charge in [-0.05, 0) is 65.3 Å². The van der Waals surface area contributed by atoms with Gasteiger partial charge in [-0.2, -0.15) is 0 Å². The maximum atomic E-state index is 5.74. The molecular formula is C21H37IN4O2. The number of nitrogens with zero attached hydrogens (tertiary/aromatic N) is 2. The quantitative estimate of drug-likeness (QED) is 0.289. The van der Waals surface area contributed by atoms with Crippen molar-refractivity contribution in [3.05, 3.63) is 23.8 Å². The second-order valence-corrected chi connectivity index (χ2v) is 7.14. The summed E-state index contributed by atoms with van der Waals surface area (Å²) in [5, 5.41) is 6.91. The van der Waals surface area contributed by atoms with E-state index in [1.54, 1.807) is 7.05 Å². The van der Waals surface area contributed by atoms with Gasteiger partial charge < -0.3 is 20.1 Å². The summed E-state index contributed by atoms with van der Waals surface area (Å²) in [4.78, 5) is 6.82. The predicted octanol–water partition coefficient (Wildman–Crippen LogP) is 3.81. The highest BCUT2D eigenvalue weighted by atomic mass is 127. The van der Waals surface area contributed by atoms with E-state index in [0.29, 0.717) is 19.3 Å². The van der Waals surface area contributed by atoms with E-state index in [0.717, 1.165) is 35.6 Å². The molecule has 0 aliphatic heterocycles. The van der Waals surface area contributed by atoms with Crippen LogP contribution in [0.25, 0.3) is 0 Å². The number of nitrogens with one attached hydrogen (secondary N) is 2. The van der Waals surface area contributed by atoms with E-state index < -0.39 is 0 Å². The highest BCUT2D eigenvalue weighted by Gasteiger charge is 2.29. The average molecular weight is 504 g/mol. The van der Waals surface area contributed by atoms with Crippen molar-refractivity contribution in [1.82, 2.24) is 15.5 Å². The molecule has 0 saturated heterocycles. The lowest BCUT2D eigenvalue weighted by Gasteiger charge is -2.26. The molecule has 2 atom stereocenters. The van der Waals surface area contributed by atoms with Crippen LogP contribution in [-0.4, -0.2) is 56.8 Å². The number of rotatable bonds is 10. The molecule has 1 aromatic carbocycles. The molecule has 1 saturated carbocycles. The van der Waals surface area contributed by atoms with E-state index >= 15 is 0 Å². The molecule has 7 heteroatoms. The summed E-state index contributed by atoms with van der Waals surface area (Å²) in [6.07, 6.45) is 2.65. The summed E-state index contributed by atoms with van der Waals surface area (Å²) in [7, 11) is 4.01. The van der Waals surface area contributed by atoms with Crippen LogP contribution in [0.3, 0.4) is 0 Å². The summed E-state index contributed by atoms with van der Waals surface area (Å²) in [6, 6.07) is 7.43. The van der Waals surface area contributed by atoms with E-state index in [-0.39, 0.29) is 30.0 Å². The minimum absolute atomic E-state index is 0. The largest absolute Gasteiger partial charge is 0.490 e. The standard InChI is InChI=1S/C21H36N4O2.HI/c1-7-26-19-12-9-17(13-20(19)27-8-2)16(4)24-21(22-5)23-14-15(3)25(6)18-10-11-18;/h9,12-13,15-16,18H,7-8,10-11,14H2,1-6H3,(H2,22,23,24);1H. The molecule has 2 unspecified atom stereocenters. The monoisotopic (exact) mass is 504 g/mol. The Balaban J connectivity index is 0.00000392. The third kappa shape index (κ3) is 7.31. The Hall–Kier alpha value is -1.22. The van der Waals surface area contributed by atoms with Gasteiger partial charge in [0.15, 0.2) is 17.5 Å². The fraction of sp³-hybridized carbons (Fsp3) is 0.667. The van der Waals surface area contributed by atoms with Crippen LogP contribution in [0, 0.1) is 0 Å². The SMILES string of the molecule is CCOc1ccc(C(C)NC(=NC)NCC(C)N(C)C2CC2)cc1OCC.I. The van der Waals surface area contributed by atoms with Gasteiger partial charge in [-0.25, -0.2) is 0 Å². The Morgan fingerprint density at radius 1 is 1.18 bits per heavy atom. The molecular weight excluding hydrogens is 467 g/mol. The molecule has 0 radical (unpaired) electrons. The van der Waals surface area contributed by atoms with Crippen LogP contribution in [0.5, 0.6) is 11.5 Å². The topological polar surface area (TPSA) is 58.1 Å². The normalized spacial score (nSPS) is 16.2. The van der Waals surface area contributed by atoms with Gasteiger partial charge in [0.2, 0.25) is 0 Å². The van der Waals surface area contributed by atoms with Gasteiger partial charge in [-0.1, -0.05) is 6.07 Å². The molecule has 0 bridgehead atoms. The molecule has 2 N–H and O–H groups in total. The van der Waals surface area contributed by atoms with E-state index in [9.17, 15) is 0 Å². The minimum atomic E-state index is 0. The van der Waals surface area contributed by atoms with Gasteiger partial charge >= 0.3 is 0 Å². The Labute approximate surface area is 187 Å². The van der Waals surface area contributed by atoms with E-state index in [4.69, 9.17) is 9.47 Å². The van der Waals surface area contributed by atoms with Crippen LogP contribution in [0.15, 0.2) is 23.2 Å². The van der Waals surface area contributed by atoms with Crippen molar-refractivity contribution in [2.75, 3.05) is 33.9 Å². The van der Waals surface area contributed by atoms with E-state index in [1.807, 2.05) is 26.0 Å². The number of guanidine groups is 1. The molecule has 28 heavy (non-hydrogen) atoms. The first-order valence-electron chi connectivity index (χ1n) is 10.1.